The van der Waals surface area contributed by atoms with E-state index in [2.05, 4.69) is 22.1 Å². The van der Waals surface area contributed by atoms with Crippen LogP contribution in [0.1, 0.15) is 18.1 Å². The topological polar surface area (TPSA) is 56.8 Å². The van der Waals surface area contributed by atoms with Crippen LogP contribution in [0.15, 0.2) is 83.1 Å². The molecule has 0 saturated heterocycles. The molecule has 0 radical (unpaired) electrons. The molecule has 0 atom stereocenters. The molecule has 3 aromatic rings. The Balaban J connectivity index is 1.85. The van der Waals surface area contributed by atoms with Gasteiger partial charge in [0.15, 0.2) is 0 Å². The van der Waals surface area contributed by atoms with E-state index >= 15 is 0 Å². The number of rotatable bonds is 9. The standard InChI is InChI=1S/C21H22N3O3S/c1-3-26-19-10-8-18(9-11-19)21(23-24-15-5-4-14-22-24)16-17-6-12-20(13-7-17)28-27-25-2/h4-15H,3,16H2,1-2H3/q+1. The van der Waals surface area contributed by atoms with Gasteiger partial charge in [0.1, 0.15) is 11.5 Å². The third kappa shape index (κ3) is 5.88. The van der Waals surface area contributed by atoms with Crippen molar-refractivity contribution in [3.63, 3.8) is 0 Å². The van der Waals surface area contributed by atoms with Crippen LogP contribution in [0.3, 0.4) is 0 Å². The molecule has 0 spiro atoms. The predicted octanol–water partition coefficient (Wildman–Crippen LogP) is 3.85. The van der Waals surface area contributed by atoms with Crippen LogP contribution in [0.25, 0.3) is 0 Å². The summed E-state index contributed by atoms with van der Waals surface area (Å²) in [6, 6.07) is 19.8. The third-order valence-electron chi connectivity index (χ3n) is 3.82. The van der Waals surface area contributed by atoms with Crippen LogP contribution in [0.4, 0.5) is 0 Å². The zero-order valence-electron chi connectivity index (χ0n) is 15.8. The summed E-state index contributed by atoms with van der Waals surface area (Å²) in [6.07, 6.45) is 4.19. The van der Waals surface area contributed by atoms with Gasteiger partial charge in [-0.05, 0) is 55.0 Å². The van der Waals surface area contributed by atoms with E-state index < -0.39 is 0 Å². The second-order valence-corrected chi connectivity index (χ2v) is 6.54. The van der Waals surface area contributed by atoms with Crippen molar-refractivity contribution >= 4 is 17.8 Å². The number of hydrogen-bond acceptors (Lipinski definition) is 6. The SMILES string of the molecule is CCOc1ccc(C(Cc2ccc(SOOC)cc2)=N[n+]2ccccn2)cc1. The van der Waals surface area contributed by atoms with Crippen LogP contribution in [0, 0.1) is 0 Å². The third-order valence-corrected chi connectivity index (χ3v) is 4.49. The summed E-state index contributed by atoms with van der Waals surface area (Å²) < 4.78 is 10.4. The van der Waals surface area contributed by atoms with Crippen LogP contribution in [0.2, 0.25) is 0 Å². The fourth-order valence-electron chi connectivity index (χ4n) is 2.54. The largest absolute Gasteiger partial charge is 0.494 e. The van der Waals surface area contributed by atoms with Crippen molar-refractivity contribution in [3.8, 4) is 5.75 Å². The molecule has 0 N–H and O–H groups in total. The molecule has 1 heterocycles. The molecule has 0 unspecified atom stereocenters. The van der Waals surface area contributed by atoms with Crippen molar-refractivity contribution in [1.29, 1.82) is 0 Å². The van der Waals surface area contributed by atoms with Gasteiger partial charge in [-0.1, -0.05) is 12.1 Å². The van der Waals surface area contributed by atoms with E-state index in [1.54, 1.807) is 11.0 Å². The minimum absolute atomic E-state index is 0.640. The molecule has 0 bridgehead atoms. The second-order valence-electron chi connectivity index (χ2n) is 5.76. The molecule has 7 heteroatoms. The lowest BCUT2D eigenvalue weighted by Gasteiger charge is -2.07. The van der Waals surface area contributed by atoms with Crippen LogP contribution < -0.4 is 9.53 Å². The van der Waals surface area contributed by atoms with Gasteiger partial charge in [-0.15, -0.1) is 0 Å². The molecule has 0 aliphatic carbocycles. The highest BCUT2D eigenvalue weighted by atomic mass is 32.2. The normalized spacial score (nSPS) is 11.4. The zero-order valence-corrected chi connectivity index (χ0v) is 16.6. The number of nitrogens with zero attached hydrogens (tertiary/aromatic N) is 3. The van der Waals surface area contributed by atoms with Crippen molar-refractivity contribution in [2.45, 2.75) is 18.2 Å². The van der Waals surface area contributed by atoms with E-state index in [1.807, 2.05) is 61.7 Å². The van der Waals surface area contributed by atoms with Crippen LogP contribution in [0.5, 0.6) is 5.75 Å². The van der Waals surface area contributed by atoms with Gasteiger partial charge in [0, 0.05) is 33.1 Å². The second kappa shape index (κ2) is 10.6. The van der Waals surface area contributed by atoms with Crippen LogP contribution in [-0.2, 0) is 15.6 Å². The average Bonchev–Trinajstić information content (AvgIpc) is 2.74. The minimum atomic E-state index is 0.640. The first-order chi connectivity index (χ1) is 13.8. The van der Waals surface area contributed by atoms with Crippen molar-refractivity contribution in [2.24, 2.45) is 5.10 Å². The maximum Gasteiger partial charge on any atom is 0.233 e. The lowest BCUT2D eigenvalue weighted by Crippen LogP contribution is -2.33. The van der Waals surface area contributed by atoms with E-state index in [4.69, 9.17) is 14.2 Å². The maximum absolute atomic E-state index is 5.54. The Morgan fingerprint density at radius 3 is 2.50 bits per heavy atom. The molecule has 6 nitrogen and oxygen atoms in total. The Morgan fingerprint density at radius 2 is 1.86 bits per heavy atom. The molecular weight excluding hydrogens is 374 g/mol. The van der Waals surface area contributed by atoms with Gasteiger partial charge in [-0.25, -0.2) is 4.89 Å². The molecule has 0 aliphatic rings. The van der Waals surface area contributed by atoms with Gasteiger partial charge >= 0.3 is 0 Å². The predicted molar refractivity (Wildman–Crippen MR) is 108 cm³/mol. The first-order valence-corrected chi connectivity index (χ1v) is 9.63. The van der Waals surface area contributed by atoms with Crippen molar-refractivity contribution in [2.75, 3.05) is 13.7 Å². The lowest BCUT2D eigenvalue weighted by molar-refractivity contribution is -0.737. The maximum atomic E-state index is 5.54. The molecule has 1 aromatic heterocycles. The molecule has 0 saturated carbocycles. The van der Waals surface area contributed by atoms with E-state index in [9.17, 15) is 0 Å². The Labute approximate surface area is 168 Å². The van der Waals surface area contributed by atoms with Gasteiger partial charge in [0.05, 0.1) is 36.7 Å². The summed E-state index contributed by atoms with van der Waals surface area (Å²) in [5.74, 6) is 0.843. The fraction of sp³-hybridized carbons (Fsp3) is 0.190. The van der Waals surface area contributed by atoms with Gasteiger partial charge in [-0.3, -0.25) is 0 Å². The van der Waals surface area contributed by atoms with Crippen molar-refractivity contribution in [3.05, 3.63) is 84.2 Å². The zero-order chi connectivity index (χ0) is 19.6. The molecular formula is C21H22N3O3S+. The number of aromatic nitrogens is 2. The molecule has 144 valence electrons. The van der Waals surface area contributed by atoms with E-state index in [0.29, 0.717) is 13.0 Å². The smallest absolute Gasteiger partial charge is 0.233 e. The van der Waals surface area contributed by atoms with Crippen molar-refractivity contribution in [1.82, 2.24) is 5.10 Å². The first-order valence-electron chi connectivity index (χ1n) is 8.89. The number of ether oxygens (including phenoxy) is 1. The van der Waals surface area contributed by atoms with E-state index in [0.717, 1.165) is 27.5 Å². The van der Waals surface area contributed by atoms with Gasteiger partial charge in [0.25, 0.3) is 0 Å². The Kier molecular flexibility index (Phi) is 7.54. The summed E-state index contributed by atoms with van der Waals surface area (Å²) in [7, 11) is 1.48. The Bertz CT molecular complexity index is 885. The van der Waals surface area contributed by atoms with Gasteiger partial charge in [0.2, 0.25) is 6.20 Å². The fourth-order valence-corrected chi connectivity index (χ4v) is 2.93. The van der Waals surface area contributed by atoms with Crippen molar-refractivity contribution < 1.29 is 18.7 Å². The van der Waals surface area contributed by atoms with Gasteiger partial charge in [-0.2, -0.15) is 4.33 Å². The highest BCUT2D eigenvalue weighted by molar-refractivity contribution is 7.94. The molecule has 0 amide bonds. The first kappa shape index (κ1) is 20.0. The molecule has 3 rings (SSSR count). The quantitative estimate of drug-likeness (QED) is 0.181. The molecule has 2 aromatic carbocycles. The highest BCUT2D eigenvalue weighted by Gasteiger charge is 2.11. The van der Waals surface area contributed by atoms with E-state index in [-0.39, 0.29) is 0 Å². The molecule has 28 heavy (non-hydrogen) atoms. The summed E-state index contributed by atoms with van der Waals surface area (Å²) in [4.78, 5) is 7.15. The Hall–Kier alpha value is -2.74. The number of benzene rings is 2. The van der Waals surface area contributed by atoms with E-state index in [1.165, 1.54) is 19.2 Å². The molecule has 0 fully saturated rings. The summed E-state index contributed by atoms with van der Waals surface area (Å²) in [5.41, 5.74) is 3.05. The summed E-state index contributed by atoms with van der Waals surface area (Å²) >= 11 is 1.17. The Morgan fingerprint density at radius 1 is 1.07 bits per heavy atom. The number of hydrogen-bond donors (Lipinski definition) is 0. The highest BCUT2D eigenvalue weighted by Crippen LogP contribution is 2.20. The van der Waals surface area contributed by atoms with Crippen LogP contribution >= 0.6 is 12.0 Å². The average molecular weight is 396 g/mol. The van der Waals surface area contributed by atoms with Gasteiger partial charge < -0.3 is 4.74 Å². The minimum Gasteiger partial charge on any atom is -0.494 e. The monoisotopic (exact) mass is 396 g/mol. The lowest BCUT2D eigenvalue weighted by atomic mass is 10.0. The molecule has 0 aliphatic heterocycles. The van der Waals surface area contributed by atoms with Crippen LogP contribution in [-0.4, -0.2) is 24.5 Å². The summed E-state index contributed by atoms with van der Waals surface area (Å²) in [6.45, 7) is 2.61. The summed E-state index contributed by atoms with van der Waals surface area (Å²) in [5, 5.41) is 8.95.